The third-order valence-electron chi connectivity index (χ3n) is 2.59. The summed E-state index contributed by atoms with van der Waals surface area (Å²) in [4.78, 5) is 0. The molecule has 0 fully saturated rings. The second-order valence-corrected chi connectivity index (χ2v) is 4.09. The Hall–Kier alpha value is -1.08. The Labute approximate surface area is 93.2 Å². The highest BCUT2D eigenvalue weighted by molar-refractivity contribution is 5.33. The smallest absolute Gasteiger partial charge is 0.0533 e. The van der Waals surface area contributed by atoms with Crippen LogP contribution in [0.5, 0.6) is 0 Å². The first-order valence-corrected chi connectivity index (χ1v) is 5.61. The van der Waals surface area contributed by atoms with Crippen molar-refractivity contribution in [3.8, 4) is 0 Å². The van der Waals surface area contributed by atoms with Gasteiger partial charge in [-0.3, -0.25) is 0 Å². The first kappa shape index (κ1) is 12.0. The van der Waals surface area contributed by atoms with Crippen LogP contribution in [0.4, 0.5) is 0 Å². The molecule has 0 bridgehead atoms. The highest BCUT2D eigenvalue weighted by Crippen LogP contribution is 2.22. The van der Waals surface area contributed by atoms with Crippen molar-refractivity contribution in [2.75, 3.05) is 6.54 Å². The molecule has 0 heterocycles. The van der Waals surface area contributed by atoms with Gasteiger partial charge in [-0.2, -0.15) is 0 Å². The van der Waals surface area contributed by atoms with Gasteiger partial charge < -0.3 is 5.32 Å². The van der Waals surface area contributed by atoms with Gasteiger partial charge in [0.1, 0.15) is 0 Å². The lowest BCUT2D eigenvalue weighted by Gasteiger charge is -2.21. The molecule has 15 heavy (non-hydrogen) atoms. The Balaban J connectivity index is 2.89. The maximum Gasteiger partial charge on any atom is 0.0533 e. The monoisotopic (exact) mass is 203 g/mol. The van der Waals surface area contributed by atoms with Crippen LogP contribution in [-0.2, 0) is 0 Å². The minimum Gasteiger partial charge on any atom is -0.307 e. The van der Waals surface area contributed by atoms with Crippen molar-refractivity contribution in [1.29, 1.82) is 0 Å². The van der Waals surface area contributed by atoms with Crippen LogP contribution in [0.1, 0.15) is 37.4 Å². The van der Waals surface area contributed by atoms with Crippen molar-refractivity contribution in [3.63, 3.8) is 0 Å². The zero-order valence-corrected chi connectivity index (χ0v) is 10.0. The number of hydrogen-bond donors (Lipinski definition) is 1. The summed E-state index contributed by atoms with van der Waals surface area (Å²) >= 11 is 0. The first-order chi connectivity index (χ1) is 7.16. The first-order valence-electron chi connectivity index (χ1n) is 5.61. The van der Waals surface area contributed by atoms with Gasteiger partial charge in [0, 0.05) is 0 Å². The van der Waals surface area contributed by atoms with Crippen molar-refractivity contribution in [2.24, 2.45) is 0 Å². The normalized spacial score (nSPS) is 12.5. The van der Waals surface area contributed by atoms with E-state index in [9.17, 15) is 0 Å². The third-order valence-corrected chi connectivity index (χ3v) is 2.59. The van der Waals surface area contributed by atoms with E-state index < -0.39 is 0 Å². The average molecular weight is 203 g/mol. The predicted octanol–water partition coefficient (Wildman–Crippen LogP) is 3.61. The van der Waals surface area contributed by atoms with E-state index in [1.165, 1.54) is 16.7 Å². The molecule has 0 spiro atoms. The van der Waals surface area contributed by atoms with Gasteiger partial charge in [-0.25, -0.2) is 0 Å². The molecule has 0 aliphatic rings. The van der Waals surface area contributed by atoms with Gasteiger partial charge in [0.05, 0.1) is 6.04 Å². The summed E-state index contributed by atoms with van der Waals surface area (Å²) in [6, 6.07) is 8.79. The van der Waals surface area contributed by atoms with Gasteiger partial charge in [0.15, 0.2) is 0 Å². The van der Waals surface area contributed by atoms with Gasteiger partial charge in [-0.05, 0) is 37.9 Å². The van der Waals surface area contributed by atoms with Crippen LogP contribution in [0.25, 0.3) is 0 Å². The molecule has 0 saturated carbocycles. The fourth-order valence-electron chi connectivity index (χ4n) is 1.75. The fourth-order valence-corrected chi connectivity index (χ4v) is 1.75. The van der Waals surface area contributed by atoms with Crippen LogP contribution in [0.15, 0.2) is 36.4 Å². The van der Waals surface area contributed by atoms with E-state index in [1.54, 1.807) is 0 Å². The quantitative estimate of drug-likeness (QED) is 0.721. The van der Waals surface area contributed by atoms with Crippen LogP contribution >= 0.6 is 0 Å². The summed E-state index contributed by atoms with van der Waals surface area (Å²) in [6.45, 7) is 11.5. The lowest BCUT2D eigenvalue weighted by Crippen LogP contribution is -2.23. The van der Waals surface area contributed by atoms with Crippen molar-refractivity contribution in [2.45, 2.75) is 33.2 Å². The van der Waals surface area contributed by atoms with Crippen LogP contribution in [0.3, 0.4) is 0 Å². The molecule has 0 radical (unpaired) electrons. The molecule has 1 N–H and O–H groups in total. The molecule has 1 aromatic carbocycles. The summed E-state index contributed by atoms with van der Waals surface area (Å²) in [6.07, 6.45) is 1.15. The van der Waals surface area contributed by atoms with E-state index in [4.69, 9.17) is 0 Å². The molecule has 1 nitrogen and oxygen atoms in total. The SMILES string of the molecule is C=C(C)C(NCCC)c1ccccc1C. The van der Waals surface area contributed by atoms with E-state index in [0.717, 1.165) is 13.0 Å². The van der Waals surface area contributed by atoms with Crippen molar-refractivity contribution in [1.82, 2.24) is 5.32 Å². The van der Waals surface area contributed by atoms with E-state index in [1.807, 2.05) is 0 Å². The van der Waals surface area contributed by atoms with Gasteiger partial charge in [-0.1, -0.05) is 43.3 Å². The number of hydrogen-bond acceptors (Lipinski definition) is 1. The fraction of sp³-hybridized carbons (Fsp3) is 0.429. The average Bonchev–Trinajstić information content (AvgIpc) is 2.20. The Morgan fingerprint density at radius 3 is 2.60 bits per heavy atom. The van der Waals surface area contributed by atoms with Crippen LogP contribution < -0.4 is 5.32 Å². The molecule has 1 unspecified atom stereocenters. The van der Waals surface area contributed by atoms with Crippen molar-refractivity contribution >= 4 is 0 Å². The van der Waals surface area contributed by atoms with E-state index in [0.29, 0.717) is 6.04 Å². The highest BCUT2D eigenvalue weighted by atomic mass is 14.9. The minimum absolute atomic E-state index is 0.297. The zero-order chi connectivity index (χ0) is 11.3. The summed E-state index contributed by atoms with van der Waals surface area (Å²) in [5, 5.41) is 3.53. The Morgan fingerprint density at radius 1 is 1.40 bits per heavy atom. The molecule has 0 aliphatic heterocycles. The standard InChI is InChI=1S/C14H21N/c1-5-10-15-14(11(2)3)13-9-7-6-8-12(13)4/h6-9,14-15H,2,5,10H2,1,3-4H3. The maximum absolute atomic E-state index is 4.06. The molecule has 1 aromatic rings. The largest absolute Gasteiger partial charge is 0.307 e. The zero-order valence-electron chi connectivity index (χ0n) is 10.0. The summed E-state index contributed by atoms with van der Waals surface area (Å²) in [5.41, 5.74) is 3.85. The molecular formula is C14H21N. The lowest BCUT2D eigenvalue weighted by atomic mass is 9.96. The molecular weight excluding hydrogens is 182 g/mol. The van der Waals surface area contributed by atoms with Gasteiger partial charge in [0.25, 0.3) is 0 Å². The lowest BCUT2D eigenvalue weighted by molar-refractivity contribution is 0.589. The molecule has 0 aliphatic carbocycles. The molecule has 1 rings (SSSR count). The number of benzene rings is 1. The number of nitrogens with one attached hydrogen (secondary N) is 1. The summed E-state index contributed by atoms with van der Waals surface area (Å²) < 4.78 is 0. The molecule has 1 heteroatoms. The van der Waals surface area contributed by atoms with Crippen LogP contribution in [0.2, 0.25) is 0 Å². The molecule has 0 aromatic heterocycles. The molecule has 0 saturated heterocycles. The van der Waals surface area contributed by atoms with E-state index in [-0.39, 0.29) is 0 Å². The van der Waals surface area contributed by atoms with Crippen molar-refractivity contribution < 1.29 is 0 Å². The van der Waals surface area contributed by atoms with Crippen LogP contribution in [-0.4, -0.2) is 6.54 Å². The minimum atomic E-state index is 0.297. The number of rotatable bonds is 5. The summed E-state index contributed by atoms with van der Waals surface area (Å²) in [5.74, 6) is 0. The van der Waals surface area contributed by atoms with Gasteiger partial charge in [-0.15, -0.1) is 0 Å². The van der Waals surface area contributed by atoms with E-state index in [2.05, 4.69) is 56.9 Å². The molecule has 0 amide bonds. The maximum atomic E-state index is 4.06. The van der Waals surface area contributed by atoms with Crippen molar-refractivity contribution in [3.05, 3.63) is 47.5 Å². The highest BCUT2D eigenvalue weighted by Gasteiger charge is 2.12. The second kappa shape index (κ2) is 5.72. The Kier molecular flexibility index (Phi) is 4.57. The third kappa shape index (κ3) is 3.21. The molecule has 1 atom stereocenters. The summed E-state index contributed by atoms with van der Waals surface area (Å²) in [7, 11) is 0. The number of aryl methyl sites for hydroxylation is 1. The van der Waals surface area contributed by atoms with Gasteiger partial charge in [0.2, 0.25) is 0 Å². The Bertz CT molecular complexity index is 328. The van der Waals surface area contributed by atoms with E-state index >= 15 is 0 Å². The molecule has 82 valence electrons. The topological polar surface area (TPSA) is 12.0 Å². The van der Waals surface area contributed by atoms with Gasteiger partial charge >= 0.3 is 0 Å². The predicted molar refractivity (Wildman–Crippen MR) is 67.0 cm³/mol. The van der Waals surface area contributed by atoms with Crippen LogP contribution in [0, 0.1) is 6.92 Å². The second-order valence-electron chi connectivity index (χ2n) is 4.09. The Morgan fingerprint density at radius 2 is 2.07 bits per heavy atom.